The molecule has 0 aliphatic carbocycles. The molecule has 1 amide bonds. The van der Waals surface area contributed by atoms with Crippen LogP contribution in [0.1, 0.15) is 36.2 Å². The van der Waals surface area contributed by atoms with Gasteiger partial charge in [-0.3, -0.25) is 4.79 Å². The molecule has 1 saturated heterocycles. The van der Waals surface area contributed by atoms with Crippen LogP contribution in [0.15, 0.2) is 11.4 Å². The molecule has 2 aliphatic rings. The second kappa shape index (κ2) is 5.42. The van der Waals surface area contributed by atoms with Crippen LogP contribution in [0, 0.1) is 5.41 Å². The molecule has 0 saturated carbocycles. The topological polar surface area (TPSA) is 69.6 Å². The van der Waals surface area contributed by atoms with E-state index in [9.17, 15) is 14.7 Å². The number of amides is 1. The predicted octanol–water partition coefficient (Wildman–Crippen LogP) is 1.65. The molecule has 0 radical (unpaired) electrons. The van der Waals surface area contributed by atoms with Crippen molar-refractivity contribution in [1.29, 1.82) is 0 Å². The monoisotopic (exact) mass is 308 g/mol. The maximum absolute atomic E-state index is 13.0. The van der Waals surface area contributed by atoms with E-state index in [1.807, 2.05) is 18.4 Å². The minimum absolute atomic E-state index is 0.000694. The number of aliphatic carboxylic acids is 1. The number of hydrogen-bond donors (Lipinski definition) is 2. The SMILES string of the molecule is CCC1(C(=O)N2CCc3sccc3C2C(=O)O)CCNC1. The summed E-state index contributed by atoms with van der Waals surface area (Å²) in [7, 11) is 0. The van der Waals surface area contributed by atoms with Crippen LogP contribution >= 0.6 is 11.3 Å². The first-order valence-electron chi connectivity index (χ1n) is 7.40. The van der Waals surface area contributed by atoms with Crippen molar-refractivity contribution < 1.29 is 14.7 Å². The third-order valence-corrected chi connectivity index (χ3v) is 5.83. The van der Waals surface area contributed by atoms with Gasteiger partial charge >= 0.3 is 5.97 Å². The largest absolute Gasteiger partial charge is 0.479 e. The summed E-state index contributed by atoms with van der Waals surface area (Å²) in [6.07, 6.45) is 2.30. The van der Waals surface area contributed by atoms with Crippen molar-refractivity contribution in [2.24, 2.45) is 5.41 Å². The van der Waals surface area contributed by atoms with Crippen LogP contribution in [0.25, 0.3) is 0 Å². The number of fused-ring (bicyclic) bond motifs is 1. The molecular formula is C15H20N2O3S. The molecule has 0 aromatic carbocycles. The molecule has 0 spiro atoms. The maximum Gasteiger partial charge on any atom is 0.331 e. The molecule has 2 aliphatic heterocycles. The molecule has 2 unspecified atom stereocenters. The number of hydrogen-bond acceptors (Lipinski definition) is 4. The smallest absolute Gasteiger partial charge is 0.331 e. The Morgan fingerprint density at radius 2 is 2.38 bits per heavy atom. The Bertz CT molecular complexity index is 563. The number of nitrogens with zero attached hydrogens (tertiary/aromatic N) is 1. The Morgan fingerprint density at radius 1 is 1.57 bits per heavy atom. The number of carboxylic acids is 1. The van der Waals surface area contributed by atoms with E-state index in [0.717, 1.165) is 36.2 Å². The fourth-order valence-corrected chi connectivity index (χ4v) is 4.39. The summed E-state index contributed by atoms with van der Waals surface area (Å²) in [6.45, 7) is 4.00. The van der Waals surface area contributed by atoms with Gasteiger partial charge in [-0.1, -0.05) is 6.92 Å². The molecule has 2 atom stereocenters. The van der Waals surface area contributed by atoms with Crippen LogP contribution < -0.4 is 5.32 Å². The molecule has 2 N–H and O–H groups in total. The molecule has 1 aromatic rings. The molecule has 1 aromatic heterocycles. The summed E-state index contributed by atoms with van der Waals surface area (Å²) in [5.41, 5.74) is 0.366. The van der Waals surface area contributed by atoms with E-state index >= 15 is 0 Å². The maximum atomic E-state index is 13.0. The fourth-order valence-electron chi connectivity index (χ4n) is 3.49. The highest BCUT2D eigenvalue weighted by molar-refractivity contribution is 7.10. The van der Waals surface area contributed by atoms with Crippen molar-refractivity contribution in [1.82, 2.24) is 10.2 Å². The van der Waals surface area contributed by atoms with Crippen LogP contribution in [0.3, 0.4) is 0 Å². The summed E-state index contributed by atoms with van der Waals surface area (Å²) >= 11 is 1.58. The van der Waals surface area contributed by atoms with Crippen LogP contribution in [-0.4, -0.2) is 41.5 Å². The van der Waals surface area contributed by atoms with Gasteiger partial charge in [0.1, 0.15) is 0 Å². The molecule has 3 heterocycles. The van der Waals surface area contributed by atoms with Crippen molar-refractivity contribution in [3.05, 3.63) is 21.9 Å². The van der Waals surface area contributed by atoms with Gasteiger partial charge in [-0.05, 0) is 42.8 Å². The third kappa shape index (κ3) is 2.26. The quantitative estimate of drug-likeness (QED) is 0.891. The minimum Gasteiger partial charge on any atom is -0.479 e. The lowest BCUT2D eigenvalue weighted by Crippen LogP contribution is -2.50. The molecular weight excluding hydrogens is 288 g/mol. The van der Waals surface area contributed by atoms with Crippen LogP contribution in [-0.2, 0) is 16.0 Å². The first-order chi connectivity index (χ1) is 10.1. The first kappa shape index (κ1) is 14.5. The second-order valence-corrected chi connectivity index (χ2v) is 6.85. The highest BCUT2D eigenvalue weighted by atomic mass is 32.1. The Morgan fingerprint density at radius 3 is 3.00 bits per heavy atom. The molecule has 0 bridgehead atoms. The predicted molar refractivity (Wildman–Crippen MR) is 80.3 cm³/mol. The molecule has 5 nitrogen and oxygen atoms in total. The number of rotatable bonds is 3. The van der Waals surface area contributed by atoms with Crippen molar-refractivity contribution >= 4 is 23.2 Å². The number of thiophene rings is 1. The zero-order valence-electron chi connectivity index (χ0n) is 12.1. The van der Waals surface area contributed by atoms with Gasteiger partial charge in [-0.15, -0.1) is 11.3 Å². The average Bonchev–Trinajstić information content (AvgIpc) is 3.14. The van der Waals surface area contributed by atoms with Gasteiger partial charge in [0.05, 0.1) is 5.41 Å². The highest BCUT2D eigenvalue weighted by Crippen LogP contribution is 2.39. The minimum atomic E-state index is -0.931. The van der Waals surface area contributed by atoms with E-state index in [2.05, 4.69) is 5.32 Å². The van der Waals surface area contributed by atoms with E-state index in [4.69, 9.17) is 0 Å². The number of carbonyl (C=O) groups excluding carboxylic acids is 1. The van der Waals surface area contributed by atoms with Crippen molar-refractivity contribution in [3.63, 3.8) is 0 Å². The van der Waals surface area contributed by atoms with E-state index in [-0.39, 0.29) is 5.91 Å². The molecule has 114 valence electrons. The van der Waals surface area contributed by atoms with Gasteiger partial charge in [0.2, 0.25) is 5.91 Å². The van der Waals surface area contributed by atoms with E-state index in [1.165, 1.54) is 0 Å². The first-order valence-corrected chi connectivity index (χ1v) is 8.28. The lowest BCUT2D eigenvalue weighted by Gasteiger charge is -2.39. The Labute approximate surface area is 128 Å². The zero-order valence-corrected chi connectivity index (χ0v) is 12.9. The fraction of sp³-hybridized carbons (Fsp3) is 0.600. The van der Waals surface area contributed by atoms with Gasteiger partial charge in [0, 0.05) is 18.0 Å². The lowest BCUT2D eigenvalue weighted by molar-refractivity contribution is -0.156. The number of carbonyl (C=O) groups is 2. The van der Waals surface area contributed by atoms with Crippen LogP contribution in [0.5, 0.6) is 0 Å². The number of carboxylic acid groups (broad SMARTS) is 1. The molecule has 21 heavy (non-hydrogen) atoms. The normalized spacial score (nSPS) is 28.4. The Kier molecular flexibility index (Phi) is 3.75. The van der Waals surface area contributed by atoms with Crippen molar-refractivity contribution in [2.75, 3.05) is 19.6 Å². The summed E-state index contributed by atoms with van der Waals surface area (Å²) in [6, 6.07) is 1.03. The average molecular weight is 308 g/mol. The molecule has 1 fully saturated rings. The molecule has 3 rings (SSSR count). The van der Waals surface area contributed by atoms with E-state index in [1.54, 1.807) is 16.2 Å². The van der Waals surface area contributed by atoms with Gasteiger partial charge in [-0.25, -0.2) is 4.79 Å². The Balaban J connectivity index is 1.94. The zero-order chi connectivity index (χ0) is 15.0. The van der Waals surface area contributed by atoms with Crippen LogP contribution in [0.2, 0.25) is 0 Å². The summed E-state index contributed by atoms with van der Waals surface area (Å²) < 4.78 is 0. The van der Waals surface area contributed by atoms with Gasteiger partial charge < -0.3 is 15.3 Å². The second-order valence-electron chi connectivity index (χ2n) is 5.85. The van der Waals surface area contributed by atoms with Gasteiger partial charge in [0.15, 0.2) is 6.04 Å². The van der Waals surface area contributed by atoms with Crippen LogP contribution in [0.4, 0.5) is 0 Å². The summed E-state index contributed by atoms with van der Waals surface area (Å²) in [4.78, 5) is 27.4. The molecule has 6 heteroatoms. The van der Waals surface area contributed by atoms with E-state index < -0.39 is 17.4 Å². The third-order valence-electron chi connectivity index (χ3n) is 4.83. The highest BCUT2D eigenvalue weighted by Gasteiger charge is 2.46. The standard InChI is InChI=1S/C15H20N2O3S/c1-2-15(5-6-16-9-15)14(20)17-7-3-11-10(4-8-21-11)12(17)13(18)19/h4,8,12,16H,2-3,5-7,9H2,1H3,(H,18,19). The summed E-state index contributed by atoms with van der Waals surface area (Å²) in [5, 5.41) is 14.8. The van der Waals surface area contributed by atoms with Gasteiger partial charge in [-0.2, -0.15) is 0 Å². The van der Waals surface area contributed by atoms with E-state index in [0.29, 0.717) is 13.1 Å². The van der Waals surface area contributed by atoms with Crippen molar-refractivity contribution in [3.8, 4) is 0 Å². The Hall–Kier alpha value is -1.40. The summed E-state index contributed by atoms with van der Waals surface area (Å²) in [5.74, 6) is -0.931. The lowest BCUT2D eigenvalue weighted by atomic mass is 9.81. The number of nitrogens with one attached hydrogen (secondary N) is 1. The van der Waals surface area contributed by atoms with Gasteiger partial charge in [0.25, 0.3) is 0 Å². The van der Waals surface area contributed by atoms with Crippen molar-refractivity contribution in [2.45, 2.75) is 32.2 Å².